The molecule has 0 amide bonds. The van der Waals surface area contributed by atoms with Crippen LogP contribution in [-0.4, -0.2) is 16.0 Å². The number of oxazole rings is 1. The number of hydrogen-bond acceptors (Lipinski definition) is 4. The second kappa shape index (κ2) is 3.28. The SMILES string of the molecule is CC1(c2nc3ncccc3o2)CCCC1N. The zero-order valence-electron chi connectivity index (χ0n) is 9.31. The lowest BCUT2D eigenvalue weighted by Gasteiger charge is -2.24. The molecule has 2 aromatic heterocycles. The first kappa shape index (κ1) is 9.78. The van der Waals surface area contributed by atoms with Gasteiger partial charge in [-0.25, -0.2) is 4.98 Å². The van der Waals surface area contributed by atoms with Gasteiger partial charge >= 0.3 is 0 Å². The van der Waals surface area contributed by atoms with Crippen LogP contribution < -0.4 is 5.73 Å². The minimum atomic E-state index is -0.124. The molecule has 0 aliphatic heterocycles. The molecule has 2 unspecified atom stereocenters. The van der Waals surface area contributed by atoms with E-state index in [2.05, 4.69) is 16.9 Å². The lowest BCUT2D eigenvalue weighted by atomic mass is 9.85. The van der Waals surface area contributed by atoms with Gasteiger partial charge in [-0.3, -0.25) is 0 Å². The van der Waals surface area contributed by atoms with E-state index in [0.29, 0.717) is 5.65 Å². The molecule has 2 heterocycles. The van der Waals surface area contributed by atoms with E-state index in [-0.39, 0.29) is 11.5 Å². The molecule has 0 saturated heterocycles. The Morgan fingerprint density at radius 2 is 2.44 bits per heavy atom. The monoisotopic (exact) mass is 217 g/mol. The third kappa shape index (κ3) is 1.26. The summed E-state index contributed by atoms with van der Waals surface area (Å²) in [5.74, 6) is 0.742. The summed E-state index contributed by atoms with van der Waals surface area (Å²) in [7, 11) is 0. The molecule has 1 aliphatic rings. The largest absolute Gasteiger partial charge is 0.438 e. The zero-order valence-corrected chi connectivity index (χ0v) is 9.31. The van der Waals surface area contributed by atoms with Crippen molar-refractivity contribution < 1.29 is 4.42 Å². The third-order valence-corrected chi connectivity index (χ3v) is 3.68. The molecule has 4 nitrogen and oxygen atoms in total. The summed E-state index contributed by atoms with van der Waals surface area (Å²) in [6.07, 6.45) is 4.96. The minimum absolute atomic E-state index is 0.124. The molecule has 4 heteroatoms. The summed E-state index contributed by atoms with van der Waals surface area (Å²) in [6.45, 7) is 2.13. The molecule has 0 radical (unpaired) electrons. The molecule has 1 aliphatic carbocycles. The highest BCUT2D eigenvalue weighted by Crippen LogP contribution is 2.40. The van der Waals surface area contributed by atoms with Crippen molar-refractivity contribution in [1.82, 2.24) is 9.97 Å². The first-order valence-electron chi connectivity index (χ1n) is 5.68. The van der Waals surface area contributed by atoms with Crippen molar-refractivity contribution in [3.05, 3.63) is 24.2 Å². The second-order valence-electron chi connectivity index (χ2n) is 4.76. The number of nitrogens with zero attached hydrogens (tertiary/aromatic N) is 2. The van der Waals surface area contributed by atoms with Crippen LogP contribution in [0.15, 0.2) is 22.7 Å². The topological polar surface area (TPSA) is 64.9 Å². The van der Waals surface area contributed by atoms with E-state index >= 15 is 0 Å². The predicted octanol–water partition coefficient (Wildman–Crippen LogP) is 1.99. The Kier molecular flexibility index (Phi) is 2.01. The Morgan fingerprint density at radius 1 is 1.56 bits per heavy atom. The third-order valence-electron chi connectivity index (χ3n) is 3.68. The van der Waals surface area contributed by atoms with Crippen LogP contribution >= 0.6 is 0 Å². The Morgan fingerprint density at radius 3 is 3.12 bits per heavy atom. The first-order valence-corrected chi connectivity index (χ1v) is 5.68. The van der Waals surface area contributed by atoms with Crippen molar-refractivity contribution in [1.29, 1.82) is 0 Å². The summed E-state index contributed by atoms with van der Waals surface area (Å²) in [5.41, 5.74) is 7.45. The molecule has 2 atom stereocenters. The molecule has 2 aromatic rings. The Balaban J connectivity index is 2.12. The van der Waals surface area contributed by atoms with Crippen molar-refractivity contribution >= 4 is 11.2 Å². The minimum Gasteiger partial charge on any atom is -0.438 e. The predicted molar refractivity (Wildman–Crippen MR) is 61.0 cm³/mol. The van der Waals surface area contributed by atoms with Gasteiger partial charge in [0, 0.05) is 12.2 Å². The van der Waals surface area contributed by atoms with Crippen LogP contribution in [0.5, 0.6) is 0 Å². The van der Waals surface area contributed by atoms with Gasteiger partial charge in [0.05, 0.1) is 5.41 Å². The molecule has 0 bridgehead atoms. The van der Waals surface area contributed by atoms with E-state index in [1.807, 2.05) is 12.1 Å². The van der Waals surface area contributed by atoms with Crippen LogP contribution in [0.25, 0.3) is 11.2 Å². The summed E-state index contributed by atoms with van der Waals surface area (Å²) in [4.78, 5) is 8.64. The second-order valence-corrected chi connectivity index (χ2v) is 4.76. The molecule has 1 saturated carbocycles. The maximum atomic E-state index is 6.15. The fraction of sp³-hybridized carbons (Fsp3) is 0.500. The summed E-state index contributed by atoms with van der Waals surface area (Å²) >= 11 is 0. The van der Waals surface area contributed by atoms with Gasteiger partial charge in [0.2, 0.25) is 5.89 Å². The van der Waals surface area contributed by atoms with Crippen molar-refractivity contribution in [3.63, 3.8) is 0 Å². The number of fused-ring (bicyclic) bond motifs is 1. The van der Waals surface area contributed by atoms with Gasteiger partial charge in [0.15, 0.2) is 11.2 Å². The molecular formula is C12H15N3O. The average molecular weight is 217 g/mol. The highest BCUT2D eigenvalue weighted by atomic mass is 16.3. The molecule has 3 rings (SSSR count). The molecule has 2 N–H and O–H groups in total. The standard InChI is InChI=1S/C12H15N3O/c1-12(6-2-5-9(12)13)11-15-10-8(16-11)4-3-7-14-10/h3-4,7,9H,2,5-6,13H2,1H3. The molecular weight excluding hydrogens is 202 g/mol. The Labute approximate surface area is 93.9 Å². The first-order chi connectivity index (χ1) is 7.70. The van der Waals surface area contributed by atoms with Crippen molar-refractivity contribution in [3.8, 4) is 0 Å². The number of hydrogen-bond donors (Lipinski definition) is 1. The lowest BCUT2D eigenvalue weighted by molar-refractivity contribution is 0.332. The van der Waals surface area contributed by atoms with Gasteiger partial charge in [-0.15, -0.1) is 0 Å². The van der Waals surface area contributed by atoms with E-state index in [1.54, 1.807) is 6.20 Å². The van der Waals surface area contributed by atoms with E-state index < -0.39 is 0 Å². The number of rotatable bonds is 1. The van der Waals surface area contributed by atoms with E-state index in [0.717, 1.165) is 30.7 Å². The fourth-order valence-corrected chi connectivity index (χ4v) is 2.47. The number of nitrogens with two attached hydrogens (primary N) is 1. The van der Waals surface area contributed by atoms with E-state index in [4.69, 9.17) is 10.2 Å². The van der Waals surface area contributed by atoms with Gasteiger partial charge in [-0.1, -0.05) is 6.42 Å². The highest BCUT2D eigenvalue weighted by Gasteiger charge is 2.42. The van der Waals surface area contributed by atoms with E-state index in [1.165, 1.54) is 0 Å². The number of aromatic nitrogens is 2. The van der Waals surface area contributed by atoms with Gasteiger partial charge in [0.1, 0.15) is 0 Å². The van der Waals surface area contributed by atoms with Gasteiger partial charge in [-0.2, -0.15) is 4.98 Å². The number of pyridine rings is 1. The normalized spacial score (nSPS) is 30.0. The molecule has 1 fully saturated rings. The van der Waals surface area contributed by atoms with Crippen LogP contribution in [0.2, 0.25) is 0 Å². The lowest BCUT2D eigenvalue weighted by Crippen LogP contribution is -2.38. The summed E-state index contributed by atoms with van der Waals surface area (Å²) < 4.78 is 5.77. The fourth-order valence-electron chi connectivity index (χ4n) is 2.47. The van der Waals surface area contributed by atoms with Crippen LogP contribution in [-0.2, 0) is 5.41 Å². The van der Waals surface area contributed by atoms with Crippen molar-refractivity contribution in [2.24, 2.45) is 5.73 Å². The molecule has 0 spiro atoms. The molecule has 16 heavy (non-hydrogen) atoms. The van der Waals surface area contributed by atoms with Crippen LogP contribution in [0.1, 0.15) is 32.1 Å². The molecule has 84 valence electrons. The zero-order chi connectivity index (χ0) is 11.2. The Hall–Kier alpha value is -1.42. The van der Waals surface area contributed by atoms with Gasteiger partial charge < -0.3 is 10.2 Å². The van der Waals surface area contributed by atoms with Crippen molar-refractivity contribution in [2.75, 3.05) is 0 Å². The van der Waals surface area contributed by atoms with Gasteiger partial charge in [-0.05, 0) is 31.9 Å². The highest BCUT2D eigenvalue weighted by molar-refractivity contribution is 5.67. The van der Waals surface area contributed by atoms with Crippen LogP contribution in [0, 0.1) is 0 Å². The maximum absolute atomic E-state index is 6.15. The average Bonchev–Trinajstić information content (AvgIpc) is 2.84. The smallest absolute Gasteiger partial charge is 0.204 e. The van der Waals surface area contributed by atoms with Crippen LogP contribution in [0.3, 0.4) is 0 Å². The van der Waals surface area contributed by atoms with Crippen molar-refractivity contribution in [2.45, 2.75) is 37.6 Å². The summed E-state index contributed by atoms with van der Waals surface area (Å²) in [6, 6.07) is 3.89. The van der Waals surface area contributed by atoms with Crippen LogP contribution in [0.4, 0.5) is 0 Å². The quantitative estimate of drug-likeness (QED) is 0.793. The Bertz CT molecular complexity index is 489. The maximum Gasteiger partial charge on any atom is 0.204 e. The van der Waals surface area contributed by atoms with Gasteiger partial charge in [0.25, 0.3) is 0 Å². The van der Waals surface area contributed by atoms with E-state index in [9.17, 15) is 0 Å². The summed E-state index contributed by atoms with van der Waals surface area (Å²) in [5, 5.41) is 0. The molecule has 0 aromatic carbocycles.